The second-order valence-electron chi connectivity index (χ2n) is 16.9. The van der Waals surface area contributed by atoms with Crippen LogP contribution in [-0.2, 0) is 5.41 Å². The molecule has 0 bridgehead atoms. The molecule has 0 unspecified atom stereocenters. The molecule has 1 aliphatic carbocycles. The van der Waals surface area contributed by atoms with Crippen molar-refractivity contribution in [3.63, 3.8) is 0 Å². The number of hydrogen-bond acceptors (Lipinski definition) is 2. The van der Waals surface area contributed by atoms with Gasteiger partial charge in [0.25, 0.3) is 0 Å². The van der Waals surface area contributed by atoms with E-state index in [2.05, 4.69) is 211 Å². The molecular weight excluding hydrogens is 729 g/mol. The van der Waals surface area contributed by atoms with Gasteiger partial charge in [0.05, 0.1) is 16.7 Å². The molecule has 10 aromatic carbocycles. The van der Waals surface area contributed by atoms with Crippen LogP contribution < -0.4 is 4.90 Å². The van der Waals surface area contributed by atoms with Crippen molar-refractivity contribution in [2.45, 2.75) is 19.3 Å². The van der Waals surface area contributed by atoms with Gasteiger partial charge in [0, 0.05) is 54.8 Å². The lowest BCUT2D eigenvalue weighted by atomic mass is 9.82. The maximum Gasteiger partial charge on any atom is 0.135 e. The molecule has 282 valence electrons. The summed E-state index contributed by atoms with van der Waals surface area (Å²) in [6, 6.07) is 71.2. The molecule has 0 amide bonds. The van der Waals surface area contributed by atoms with Crippen LogP contribution in [0, 0.1) is 0 Å². The molecule has 0 saturated carbocycles. The lowest BCUT2D eigenvalue weighted by molar-refractivity contribution is 0.660. The number of aromatic nitrogens is 1. The molecule has 13 rings (SSSR count). The molecule has 0 aliphatic heterocycles. The van der Waals surface area contributed by atoms with E-state index in [4.69, 9.17) is 4.42 Å². The van der Waals surface area contributed by atoms with E-state index in [1.54, 1.807) is 0 Å². The summed E-state index contributed by atoms with van der Waals surface area (Å²) in [5, 5.41) is 12.4. The fourth-order valence-electron chi connectivity index (χ4n) is 10.6. The van der Waals surface area contributed by atoms with E-state index in [1.807, 2.05) is 6.07 Å². The molecule has 1 aliphatic rings. The van der Waals surface area contributed by atoms with Crippen molar-refractivity contribution >= 4 is 93.1 Å². The zero-order chi connectivity index (χ0) is 39.7. The van der Waals surface area contributed by atoms with Crippen LogP contribution in [0.3, 0.4) is 0 Å². The van der Waals surface area contributed by atoms with Crippen molar-refractivity contribution in [1.29, 1.82) is 0 Å². The molecule has 0 spiro atoms. The zero-order valence-electron chi connectivity index (χ0n) is 33.3. The summed E-state index contributed by atoms with van der Waals surface area (Å²) in [5.41, 5.74) is 13.8. The Morgan fingerprint density at radius 3 is 1.85 bits per heavy atom. The van der Waals surface area contributed by atoms with Gasteiger partial charge in [0.2, 0.25) is 0 Å². The van der Waals surface area contributed by atoms with Gasteiger partial charge in [0.1, 0.15) is 11.2 Å². The molecule has 0 radical (unpaired) electrons. The normalized spacial score (nSPS) is 13.3. The van der Waals surface area contributed by atoms with Crippen molar-refractivity contribution in [2.24, 2.45) is 0 Å². The minimum Gasteiger partial charge on any atom is -0.456 e. The molecular formula is C57H38N2O. The molecule has 0 fully saturated rings. The highest BCUT2D eigenvalue weighted by molar-refractivity contribution is 6.32. The second kappa shape index (κ2) is 12.2. The van der Waals surface area contributed by atoms with Gasteiger partial charge in [-0.2, -0.15) is 0 Å². The monoisotopic (exact) mass is 766 g/mol. The van der Waals surface area contributed by atoms with Crippen LogP contribution in [0.2, 0.25) is 0 Å². The van der Waals surface area contributed by atoms with Gasteiger partial charge < -0.3 is 13.9 Å². The maximum absolute atomic E-state index is 6.30. The molecule has 0 saturated heterocycles. The largest absolute Gasteiger partial charge is 0.456 e. The van der Waals surface area contributed by atoms with Crippen molar-refractivity contribution in [2.75, 3.05) is 4.90 Å². The Labute approximate surface area is 346 Å². The fraction of sp³-hybridized carbons (Fsp3) is 0.0526. The quantitative estimate of drug-likeness (QED) is 0.166. The van der Waals surface area contributed by atoms with E-state index in [1.165, 1.54) is 82.1 Å². The molecule has 3 nitrogen and oxygen atoms in total. The van der Waals surface area contributed by atoms with Crippen LogP contribution in [0.1, 0.15) is 25.0 Å². The number of rotatable bonds is 4. The van der Waals surface area contributed by atoms with Gasteiger partial charge in [-0.25, -0.2) is 0 Å². The van der Waals surface area contributed by atoms with Crippen molar-refractivity contribution in [3.05, 3.63) is 205 Å². The lowest BCUT2D eigenvalue weighted by Gasteiger charge is -2.29. The SMILES string of the molecule is CC1(C)c2cc(N(c3ccc4oc5ccccc5c4c3)c3cccc4ccccc34)ccc2-c2ccc(-n3c4ccccc4c4c5ccccc5c5ccccc5c43)cc21. The lowest BCUT2D eigenvalue weighted by Crippen LogP contribution is -2.17. The summed E-state index contributed by atoms with van der Waals surface area (Å²) in [7, 11) is 0. The Hall–Kier alpha value is -7.62. The van der Waals surface area contributed by atoms with E-state index < -0.39 is 0 Å². The first-order valence-corrected chi connectivity index (χ1v) is 20.8. The minimum atomic E-state index is -0.265. The topological polar surface area (TPSA) is 21.3 Å². The van der Waals surface area contributed by atoms with Gasteiger partial charge in [0.15, 0.2) is 0 Å². The zero-order valence-corrected chi connectivity index (χ0v) is 33.3. The van der Waals surface area contributed by atoms with Crippen LogP contribution in [0.5, 0.6) is 0 Å². The molecule has 0 N–H and O–H groups in total. The number of fused-ring (bicyclic) bond motifs is 15. The number of para-hydroxylation sites is 2. The van der Waals surface area contributed by atoms with Crippen LogP contribution in [0.15, 0.2) is 199 Å². The maximum atomic E-state index is 6.30. The summed E-state index contributed by atoms with van der Waals surface area (Å²) in [6.07, 6.45) is 0. The number of nitrogens with zero attached hydrogens (tertiary/aromatic N) is 2. The molecule has 3 heteroatoms. The number of anilines is 3. The fourth-order valence-corrected chi connectivity index (χ4v) is 10.6. The summed E-state index contributed by atoms with van der Waals surface area (Å²) < 4.78 is 8.81. The summed E-state index contributed by atoms with van der Waals surface area (Å²) in [5.74, 6) is 0. The van der Waals surface area contributed by atoms with Gasteiger partial charge >= 0.3 is 0 Å². The first-order chi connectivity index (χ1) is 29.5. The molecule has 2 aromatic heterocycles. The van der Waals surface area contributed by atoms with E-state index >= 15 is 0 Å². The number of benzene rings is 10. The first-order valence-electron chi connectivity index (χ1n) is 20.8. The Bertz CT molecular complexity index is 3760. The smallest absolute Gasteiger partial charge is 0.135 e. The highest BCUT2D eigenvalue weighted by Crippen LogP contribution is 2.53. The standard InChI is InChI=1S/C57H38N2O/c1-57(2)49-33-37(58(51-24-13-15-35-14-3-4-16-39(35)51)36-28-31-54-48(32-36)44-19-10-12-25-53(44)60-54)26-29-42(49)43-30-27-38(34-50(43)57)59-52-23-11-9-22-47(52)55-45-20-7-5-17-40(45)41-18-6-8-21-46(41)56(55)59/h3-34H,1-2H3. The Morgan fingerprint density at radius 2 is 1.02 bits per heavy atom. The number of furan rings is 1. The average molecular weight is 767 g/mol. The van der Waals surface area contributed by atoms with E-state index in [0.717, 1.165) is 39.0 Å². The second-order valence-corrected chi connectivity index (χ2v) is 16.9. The van der Waals surface area contributed by atoms with Crippen molar-refractivity contribution in [3.8, 4) is 16.8 Å². The Morgan fingerprint density at radius 1 is 0.433 bits per heavy atom. The van der Waals surface area contributed by atoms with Crippen LogP contribution >= 0.6 is 0 Å². The highest BCUT2D eigenvalue weighted by atomic mass is 16.3. The van der Waals surface area contributed by atoms with E-state index in [9.17, 15) is 0 Å². The molecule has 12 aromatic rings. The van der Waals surface area contributed by atoms with Crippen LogP contribution in [-0.4, -0.2) is 4.57 Å². The molecule has 60 heavy (non-hydrogen) atoms. The van der Waals surface area contributed by atoms with Crippen LogP contribution in [0.4, 0.5) is 17.1 Å². The predicted molar refractivity (Wildman–Crippen MR) is 253 cm³/mol. The Kier molecular flexibility index (Phi) is 6.78. The van der Waals surface area contributed by atoms with Crippen molar-refractivity contribution in [1.82, 2.24) is 4.57 Å². The molecule has 0 atom stereocenters. The first kappa shape index (κ1) is 33.4. The van der Waals surface area contributed by atoms with Gasteiger partial charge in [-0.3, -0.25) is 0 Å². The highest BCUT2D eigenvalue weighted by Gasteiger charge is 2.37. The van der Waals surface area contributed by atoms with Gasteiger partial charge in [-0.1, -0.05) is 147 Å². The minimum absolute atomic E-state index is 0.265. The van der Waals surface area contributed by atoms with E-state index in [-0.39, 0.29) is 5.41 Å². The van der Waals surface area contributed by atoms with Crippen molar-refractivity contribution < 1.29 is 4.42 Å². The summed E-state index contributed by atoms with van der Waals surface area (Å²) in [4.78, 5) is 2.43. The third-order valence-electron chi connectivity index (χ3n) is 13.3. The van der Waals surface area contributed by atoms with Gasteiger partial charge in [-0.15, -0.1) is 0 Å². The third-order valence-corrected chi connectivity index (χ3v) is 13.3. The van der Waals surface area contributed by atoms with E-state index in [0.29, 0.717) is 0 Å². The van der Waals surface area contributed by atoms with Gasteiger partial charge in [-0.05, 0) is 104 Å². The third kappa shape index (κ3) is 4.55. The predicted octanol–water partition coefficient (Wildman–Crippen LogP) is 15.9. The summed E-state index contributed by atoms with van der Waals surface area (Å²) in [6.45, 7) is 4.79. The average Bonchev–Trinajstić information content (AvgIpc) is 3.92. The molecule has 2 heterocycles. The summed E-state index contributed by atoms with van der Waals surface area (Å²) >= 11 is 0. The van der Waals surface area contributed by atoms with Crippen LogP contribution in [0.25, 0.3) is 92.9 Å². The Balaban J connectivity index is 1.01. The number of hydrogen-bond donors (Lipinski definition) is 0.